The number of carbonyl (C=O) groups excluding carboxylic acids is 2. The lowest BCUT2D eigenvalue weighted by Crippen LogP contribution is -2.60. The lowest BCUT2D eigenvalue weighted by molar-refractivity contribution is -0.234. The second-order valence-corrected chi connectivity index (χ2v) is 8.35. The summed E-state index contributed by atoms with van der Waals surface area (Å²) in [6, 6.07) is 4.76. The molecule has 11 nitrogen and oxygen atoms in total. The van der Waals surface area contributed by atoms with Gasteiger partial charge in [0.25, 0.3) is 0 Å². The molecule has 2 aliphatic rings. The number of carbonyl (C=O) groups is 2. The van der Waals surface area contributed by atoms with E-state index in [1.807, 2.05) is 0 Å². The van der Waals surface area contributed by atoms with E-state index in [1.54, 1.807) is 0 Å². The molecule has 4 rings (SSSR count). The molecule has 2 aromatic carbocycles. The highest BCUT2D eigenvalue weighted by Gasteiger charge is 2.51. The molecule has 182 valence electrons. The Morgan fingerprint density at radius 3 is 2.29 bits per heavy atom. The van der Waals surface area contributed by atoms with Gasteiger partial charge in [-0.3, -0.25) is 9.59 Å². The third-order valence-corrected chi connectivity index (χ3v) is 6.22. The number of hydrogen-bond donors (Lipinski definition) is 7. The minimum Gasteiger partial charge on any atom is -0.508 e. The molecule has 0 saturated carbocycles. The van der Waals surface area contributed by atoms with Gasteiger partial charge in [-0.2, -0.15) is 0 Å². The summed E-state index contributed by atoms with van der Waals surface area (Å²) < 4.78 is 10.7. The van der Waals surface area contributed by atoms with Gasteiger partial charge in [0, 0.05) is 18.4 Å². The third-order valence-electron chi connectivity index (χ3n) is 6.22. The SMILES string of the molecule is CC(=O)OC[C@H]1O[C@@H]([C@@H]2c3cc(CO)cc(O)c3C(=O)c3c(O)ccc(O)c32)[C@H](O)[C@@H](O)[C@@H]1O. The summed E-state index contributed by atoms with van der Waals surface area (Å²) in [5.41, 5.74) is -0.451. The first-order valence-electron chi connectivity index (χ1n) is 10.5. The van der Waals surface area contributed by atoms with Gasteiger partial charge in [0.15, 0.2) is 0 Å². The molecule has 34 heavy (non-hydrogen) atoms. The fourth-order valence-electron chi connectivity index (χ4n) is 4.66. The fraction of sp³-hybridized carbons (Fsp3) is 0.391. The molecule has 7 N–H and O–H groups in total. The summed E-state index contributed by atoms with van der Waals surface area (Å²) in [5, 5.41) is 73.0. The number of phenolic OH excluding ortho intramolecular Hbond substituents is 3. The Labute approximate surface area is 193 Å². The highest BCUT2D eigenvalue weighted by Crippen LogP contribution is 2.50. The summed E-state index contributed by atoms with van der Waals surface area (Å²) in [5.74, 6) is -4.16. The van der Waals surface area contributed by atoms with Crippen molar-refractivity contribution in [1.82, 2.24) is 0 Å². The Kier molecular flexibility index (Phi) is 6.23. The first kappa shape index (κ1) is 23.9. The van der Waals surface area contributed by atoms with Crippen LogP contribution in [0.4, 0.5) is 0 Å². The maximum Gasteiger partial charge on any atom is 0.302 e. The minimum atomic E-state index is -1.77. The van der Waals surface area contributed by atoms with Crippen LogP contribution in [0.3, 0.4) is 0 Å². The van der Waals surface area contributed by atoms with Crippen molar-refractivity contribution in [1.29, 1.82) is 0 Å². The summed E-state index contributed by atoms with van der Waals surface area (Å²) in [4.78, 5) is 24.5. The van der Waals surface area contributed by atoms with Crippen molar-refractivity contribution in [3.63, 3.8) is 0 Å². The molecule has 1 heterocycles. The number of aliphatic hydroxyl groups excluding tert-OH is 4. The molecule has 0 radical (unpaired) electrons. The van der Waals surface area contributed by atoms with E-state index < -0.39 is 78.7 Å². The monoisotopic (exact) mass is 476 g/mol. The summed E-state index contributed by atoms with van der Waals surface area (Å²) in [6.07, 6.45) is -7.89. The summed E-state index contributed by atoms with van der Waals surface area (Å²) in [6.45, 7) is 0.165. The first-order valence-corrected chi connectivity index (χ1v) is 10.5. The van der Waals surface area contributed by atoms with E-state index in [0.29, 0.717) is 0 Å². The predicted octanol–water partition coefficient (Wildman–Crippen LogP) is -0.615. The second-order valence-electron chi connectivity index (χ2n) is 8.35. The normalized spacial score (nSPS) is 28.2. The third kappa shape index (κ3) is 3.77. The minimum absolute atomic E-state index is 0.0568. The Balaban J connectivity index is 1.93. The van der Waals surface area contributed by atoms with Crippen molar-refractivity contribution in [2.24, 2.45) is 0 Å². The van der Waals surface area contributed by atoms with Gasteiger partial charge in [-0.15, -0.1) is 0 Å². The Morgan fingerprint density at radius 1 is 0.971 bits per heavy atom. The van der Waals surface area contributed by atoms with E-state index in [9.17, 15) is 45.3 Å². The number of aromatic hydroxyl groups is 3. The molecule has 0 aromatic heterocycles. The number of benzene rings is 2. The van der Waals surface area contributed by atoms with E-state index in [4.69, 9.17) is 9.47 Å². The molecule has 1 aliphatic carbocycles. The summed E-state index contributed by atoms with van der Waals surface area (Å²) in [7, 11) is 0. The Morgan fingerprint density at radius 2 is 1.65 bits per heavy atom. The highest BCUT2D eigenvalue weighted by molar-refractivity contribution is 6.16. The van der Waals surface area contributed by atoms with Gasteiger partial charge >= 0.3 is 5.97 Å². The molecule has 0 bridgehead atoms. The van der Waals surface area contributed by atoms with E-state index in [0.717, 1.165) is 19.1 Å². The lowest BCUT2D eigenvalue weighted by atomic mass is 9.71. The van der Waals surface area contributed by atoms with Gasteiger partial charge < -0.3 is 45.2 Å². The van der Waals surface area contributed by atoms with Crippen LogP contribution in [-0.2, 0) is 20.9 Å². The van der Waals surface area contributed by atoms with E-state index in [2.05, 4.69) is 0 Å². The van der Waals surface area contributed by atoms with Crippen LogP contribution in [0.15, 0.2) is 24.3 Å². The van der Waals surface area contributed by atoms with E-state index in [1.165, 1.54) is 12.1 Å². The van der Waals surface area contributed by atoms with Crippen molar-refractivity contribution in [2.45, 2.75) is 50.0 Å². The van der Waals surface area contributed by atoms with Gasteiger partial charge in [-0.1, -0.05) is 6.07 Å². The van der Waals surface area contributed by atoms with Crippen molar-refractivity contribution in [3.8, 4) is 17.2 Å². The maximum absolute atomic E-state index is 13.2. The molecular formula is C23H24O11. The van der Waals surface area contributed by atoms with E-state index in [-0.39, 0.29) is 27.8 Å². The number of ether oxygens (including phenoxy) is 2. The zero-order chi connectivity index (χ0) is 24.9. The van der Waals surface area contributed by atoms with Crippen LogP contribution in [0, 0.1) is 0 Å². The topological polar surface area (TPSA) is 194 Å². The van der Waals surface area contributed by atoms with Crippen LogP contribution >= 0.6 is 0 Å². The molecule has 6 atom stereocenters. The van der Waals surface area contributed by atoms with Crippen LogP contribution in [0.5, 0.6) is 17.2 Å². The predicted molar refractivity (Wildman–Crippen MR) is 112 cm³/mol. The number of aliphatic hydroxyl groups is 4. The number of phenols is 3. The fourth-order valence-corrected chi connectivity index (χ4v) is 4.66. The second kappa shape index (κ2) is 8.85. The average Bonchev–Trinajstić information content (AvgIpc) is 2.79. The van der Waals surface area contributed by atoms with Crippen molar-refractivity contribution in [2.75, 3.05) is 6.61 Å². The number of fused-ring (bicyclic) bond motifs is 2. The lowest BCUT2D eigenvalue weighted by Gasteiger charge is -2.45. The van der Waals surface area contributed by atoms with Gasteiger partial charge in [-0.25, -0.2) is 0 Å². The zero-order valence-electron chi connectivity index (χ0n) is 18.0. The average molecular weight is 476 g/mol. The van der Waals surface area contributed by atoms with Crippen molar-refractivity contribution in [3.05, 3.63) is 52.1 Å². The number of hydrogen-bond acceptors (Lipinski definition) is 11. The van der Waals surface area contributed by atoms with Crippen molar-refractivity contribution < 1.29 is 54.8 Å². The van der Waals surface area contributed by atoms with Crippen LogP contribution in [-0.4, -0.2) is 84.6 Å². The molecule has 11 heteroatoms. The number of rotatable bonds is 4. The highest BCUT2D eigenvalue weighted by atomic mass is 16.6. The van der Waals surface area contributed by atoms with Crippen LogP contribution in [0.25, 0.3) is 0 Å². The zero-order valence-corrected chi connectivity index (χ0v) is 18.0. The smallest absolute Gasteiger partial charge is 0.302 e. The molecule has 1 aliphatic heterocycles. The molecular weight excluding hydrogens is 452 g/mol. The Bertz CT molecular complexity index is 1140. The molecule has 2 aromatic rings. The standard InChI is InChI=1S/C23H24O11/c1-8(25)33-7-14-19(29)21(31)22(32)23(34-14)16-10-4-9(6-24)5-13(28)15(10)20(30)18-12(27)3-2-11(26)17(16)18/h2-5,14,16,19,21-24,26-29,31-32H,6-7H2,1H3/t14-,16-,19-,21+,22-,23+/m1/s1. The van der Waals surface area contributed by atoms with Gasteiger partial charge in [0.05, 0.1) is 23.8 Å². The van der Waals surface area contributed by atoms with Gasteiger partial charge in [-0.05, 0) is 29.3 Å². The van der Waals surface area contributed by atoms with Crippen molar-refractivity contribution >= 4 is 11.8 Å². The quantitative estimate of drug-likeness (QED) is 0.220. The molecule has 0 spiro atoms. The number of ketones is 1. The van der Waals surface area contributed by atoms with Crippen LogP contribution in [0.1, 0.15) is 45.5 Å². The number of esters is 1. The molecule has 0 unspecified atom stereocenters. The van der Waals surface area contributed by atoms with E-state index >= 15 is 0 Å². The molecule has 1 saturated heterocycles. The maximum atomic E-state index is 13.2. The van der Waals surface area contributed by atoms with Gasteiger partial charge in [0.2, 0.25) is 5.78 Å². The van der Waals surface area contributed by atoms with Crippen LogP contribution in [0.2, 0.25) is 0 Å². The summed E-state index contributed by atoms with van der Waals surface area (Å²) >= 11 is 0. The Hall–Kier alpha value is -3.22. The first-order chi connectivity index (χ1) is 16.1. The largest absolute Gasteiger partial charge is 0.508 e. The molecule has 0 amide bonds. The van der Waals surface area contributed by atoms with Crippen LogP contribution < -0.4 is 0 Å². The van der Waals surface area contributed by atoms with Gasteiger partial charge in [0.1, 0.15) is 48.3 Å². The molecule has 1 fully saturated rings.